The minimum atomic E-state index is 0.331. The first-order valence-corrected chi connectivity index (χ1v) is 10.1. The van der Waals surface area contributed by atoms with E-state index in [1.807, 2.05) is 12.4 Å². The molecule has 2 N–H and O–H groups in total. The Bertz CT molecular complexity index is 1010. The third-order valence-corrected chi connectivity index (χ3v) is 6.04. The minimum absolute atomic E-state index is 0.331. The predicted octanol–water partition coefficient (Wildman–Crippen LogP) is 2.73. The summed E-state index contributed by atoms with van der Waals surface area (Å²) in [7, 11) is 0. The summed E-state index contributed by atoms with van der Waals surface area (Å²) in [5.41, 5.74) is 12.2. The third-order valence-electron chi connectivity index (χ3n) is 6.04. The molecule has 0 radical (unpaired) electrons. The first-order valence-electron chi connectivity index (χ1n) is 10.1. The maximum atomic E-state index is 5.57. The number of nitrogen functional groups attached to an aromatic ring is 1. The molecule has 5 rings (SSSR count). The number of nitrogens with zero attached hydrogens (tertiary/aromatic N) is 5. The highest BCUT2D eigenvalue weighted by Crippen LogP contribution is 2.30. The van der Waals surface area contributed by atoms with Crippen LogP contribution in [0.5, 0.6) is 0 Å². The second kappa shape index (κ2) is 7.02. The van der Waals surface area contributed by atoms with E-state index in [4.69, 9.17) is 10.7 Å². The summed E-state index contributed by atoms with van der Waals surface area (Å²) in [6.45, 7) is 7.06. The number of pyridine rings is 1. The van der Waals surface area contributed by atoms with E-state index in [9.17, 15) is 0 Å². The van der Waals surface area contributed by atoms with Gasteiger partial charge in [-0.25, -0.2) is 15.0 Å². The number of anilines is 2. The molecule has 144 valence electrons. The zero-order valence-electron chi connectivity index (χ0n) is 16.4. The molecular weight excluding hydrogens is 348 g/mol. The van der Waals surface area contributed by atoms with Crippen molar-refractivity contribution in [3.05, 3.63) is 52.8 Å². The van der Waals surface area contributed by atoms with Gasteiger partial charge >= 0.3 is 0 Å². The van der Waals surface area contributed by atoms with Crippen molar-refractivity contribution in [1.29, 1.82) is 0 Å². The molecule has 6 heteroatoms. The molecule has 1 aliphatic heterocycles. The van der Waals surface area contributed by atoms with Gasteiger partial charge in [0.05, 0.1) is 5.52 Å². The lowest BCUT2D eigenvalue weighted by atomic mass is 10.0. The standard InChI is InChI=1S/C22H26N6/c1-15-9-21(26-20-11-18-4-2-3-17(18)10-19(15)20)28-7-5-27(6-8-28)14-16-12-24-22(23)25-13-16/h9-13H,2-8,14H2,1H3,(H2,23,24,25). The van der Waals surface area contributed by atoms with Crippen molar-refractivity contribution < 1.29 is 0 Å². The van der Waals surface area contributed by atoms with E-state index in [0.717, 1.165) is 49.6 Å². The maximum absolute atomic E-state index is 5.57. The predicted molar refractivity (Wildman–Crippen MR) is 112 cm³/mol. The summed E-state index contributed by atoms with van der Waals surface area (Å²) >= 11 is 0. The van der Waals surface area contributed by atoms with Crippen LogP contribution in [0.3, 0.4) is 0 Å². The molecule has 28 heavy (non-hydrogen) atoms. The quantitative estimate of drug-likeness (QED) is 0.760. The van der Waals surface area contributed by atoms with Gasteiger partial charge in [0.2, 0.25) is 5.95 Å². The Morgan fingerprint density at radius 3 is 2.43 bits per heavy atom. The van der Waals surface area contributed by atoms with Gasteiger partial charge in [-0.15, -0.1) is 0 Å². The molecule has 0 bridgehead atoms. The van der Waals surface area contributed by atoms with Crippen LogP contribution in [0.15, 0.2) is 30.6 Å². The van der Waals surface area contributed by atoms with Gasteiger partial charge < -0.3 is 10.6 Å². The highest BCUT2D eigenvalue weighted by Gasteiger charge is 2.20. The van der Waals surface area contributed by atoms with Crippen molar-refractivity contribution in [2.24, 2.45) is 0 Å². The van der Waals surface area contributed by atoms with Crippen LogP contribution < -0.4 is 10.6 Å². The second-order valence-corrected chi connectivity index (χ2v) is 8.00. The number of hydrogen-bond donors (Lipinski definition) is 1. The topological polar surface area (TPSA) is 71.2 Å². The summed E-state index contributed by atoms with van der Waals surface area (Å²) in [6.07, 6.45) is 7.33. The van der Waals surface area contributed by atoms with Gasteiger partial charge in [0.15, 0.2) is 0 Å². The van der Waals surface area contributed by atoms with Crippen LogP contribution in [0.2, 0.25) is 0 Å². The Labute approximate surface area is 165 Å². The van der Waals surface area contributed by atoms with Crippen LogP contribution in [-0.4, -0.2) is 46.0 Å². The monoisotopic (exact) mass is 374 g/mol. The molecule has 3 aromatic rings. The van der Waals surface area contributed by atoms with E-state index >= 15 is 0 Å². The van der Waals surface area contributed by atoms with E-state index < -0.39 is 0 Å². The van der Waals surface area contributed by atoms with Gasteiger partial charge in [-0.1, -0.05) is 0 Å². The smallest absolute Gasteiger partial charge is 0.219 e. The number of benzene rings is 1. The van der Waals surface area contributed by atoms with Gasteiger partial charge in [-0.2, -0.15) is 0 Å². The molecule has 0 atom stereocenters. The van der Waals surface area contributed by atoms with Gasteiger partial charge in [0.25, 0.3) is 0 Å². The first-order chi connectivity index (χ1) is 13.7. The molecule has 0 saturated carbocycles. The molecular formula is C22H26N6. The van der Waals surface area contributed by atoms with Gasteiger partial charge in [0.1, 0.15) is 5.82 Å². The fraction of sp³-hybridized carbons (Fsp3) is 0.409. The number of aromatic nitrogens is 3. The van der Waals surface area contributed by atoms with Crippen LogP contribution in [0, 0.1) is 6.92 Å². The fourth-order valence-electron chi connectivity index (χ4n) is 4.45. The Hall–Kier alpha value is -2.73. The van der Waals surface area contributed by atoms with Crippen LogP contribution in [0.1, 0.15) is 28.7 Å². The number of hydrogen-bond acceptors (Lipinski definition) is 6. The highest BCUT2D eigenvalue weighted by molar-refractivity contribution is 5.85. The highest BCUT2D eigenvalue weighted by atomic mass is 15.3. The zero-order valence-corrected chi connectivity index (χ0v) is 16.4. The van der Waals surface area contributed by atoms with E-state index in [-0.39, 0.29) is 0 Å². The van der Waals surface area contributed by atoms with Crippen LogP contribution in [0.4, 0.5) is 11.8 Å². The molecule has 0 spiro atoms. The molecule has 3 heterocycles. The van der Waals surface area contributed by atoms with E-state index in [1.54, 1.807) is 0 Å². The zero-order chi connectivity index (χ0) is 19.1. The SMILES string of the molecule is Cc1cc(N2CCN(Cc3cnc(N)nc3)CC2)nc2cc3c(cc12)CCC3. The van der Waals surface area contributed by atoms with Crippen molar-refractivity contribution in [2.75, 3.05) is 36.8 Å². The van der Waals surface area contributed by atoms with Gasteiger partial charge in [-0.05, 0) is 61.1 Å². The molecule has 0 amide bonds. The number of nitrogens with two attached hydrogens (primary N) is 1. The normalized spacial score (nSPS) is 17.2. The summed E-state index contributed by atoms with van der Waals surface area (Å²) in [5.74, 6) is 1.44. The maximum Gasteiger partial charge on any atom is 0.219 e. The van der Waals surface area contributed by atoms with Crippen LogP contribution in [0.25, 0.3) is 10.9 Å². The van der Waals surface area contributed by atoms with E-state index in [1.165, 1.54) is 41.3 Å². The van der Waals surface area contributed by atoms with Crippen LogP contribution >= 0.6 is 0 Å². The van der Waals surface area contributed by atoms with E-state index in [0.29, 0.717) is 5.95 Å². The number of piperazine rings is 1. The summed E-state index contributed by atoms with van der Waals surface area (Å²) < 4.78 is 0. The first kappa shape index (κ1) is 17.4. The number of aryl methyl sites for hydroxylation is 3. The fourth-order valence-corrected chi connectivity index (χ4v) is 4.45. The Kier molecular flexibility index (Phi) is 4.36. The van der Waals surface area contributed by atoms with Crippen molar-refractivity contribution in [1.82, 2.24) is 19.9 Å². The summed E-state index contributed by atoms with van der Waals surface area (Å²) in [5, 5.41) is 1.31. The Balaban J connectivity index is 1.31. The summed E-state index contributed by atoms with van der Waals surface area (Å²) in [6, 6.07) is 6.95. The van der Waals surface area contributed by atoms with Crippen LogP contribution in [-0.2, 0) is 19.4 Å². The average Bonchev–Trinajstić information content (AvgIpc) is 3.16. The third kappa shape index (κ3) is 3.29. The van der Waals surface area contributed by atoms with Crippen molar-refractivity contribution in [2.45, 2.75) is 32.7 Å². The lowest BCUT2D eigenvalue weighted by molar-refractivity contribution is 0.249. The van der Waals surface area contributed by atoms with Crippen molar-refractivity contribution >= 4 is 22.7 Å². The molecule has 6 nitrogen and oxygen atoms in total. The molecule has 1 saturated heterocycles. The molecule has 2 aliphatic rings. The lowest BCUT2D eigenvalue weighted by Crippen LogP contribution is -2.46. The molecule has 1 fully saturated rings. The van der Waals surface area contributed by atoms with Crippen molar-refractivity contribution in [3.8, 4) is 0 Å². The average molecular weight is 374 g/mol. The van der Waals surface area contributed by atoms with Gasteiger partial charge in [-0.3, -0.25) is 4.90 Å². The number of rotatable bonds is 3. The molecule has 2 aromatic heterocycles. The molecule has 1 aromatic carbocycles. The Morgan fingerprint density at radius 2 is 1.68 bits per heavy atom. The van der Waals surface area contributed by atoms with E-state index in [2.05, 4.69) is 44.9 Å². The minimum Gasteiger partial charge on any atom is -0.368 e. The van der Waals surface area contributed by atoms with Crippen molar-refractivity contribution in [3.63, 3.8) is 0 Å². The lowest BCUT2D eigenvalue weighted by Gasteiger charge is -2.35. The molecule has 0 unspecified atom stereocenters. The summed E-state index contributed by atoms with van der Waals surface area (Å²) in [4.78, 5) is 18.1. The van der Waals surface area contributed by atoms with Gasteiger partial charge in [0, 0.05) is 56.1 Å². The number of fused-ring (bicyclic) bond motifs is 2. The molecule has 1 aliphatic carbocycles. The largest absolute Gasteiger partial charge is 0.368 e. The second-order valence-electron chi connectivity index (χ2n) is 8.00. The Morgan fingerprint density at radius 1 is 0.964 bits per heavy atom.